The van der Waals surface area contributed by atoms with Crippen LogP contribution < -0.4 is 16.4 Å². The fourth-order valence-corrected chi connectivity index (χ4v) is 2.44. The molecule has 1 fully saturated rings. The predicted octanol–water partition coefficient (Wildman–Crippen LogP) is -0.355. The number of nitrogens with two attached hydrogens (primary N) is 2. The van der Waals surface area contributed by atoms with E-state index >= 15 is 0 Å². The lowest BCUT2D eigenvalue weighted by atomic mass is 10.2. The van der Waals surface area contributed by atoms with Crippen LogP contribution in [0.25, 0.3) is 0 Å². The van der Waals surface area contributed by atoms with Gasteiger partial charge in [-0.15, -0.1) is 0 Å². The summed E-state index contributed by atoms with van der Waals surface area (Å²) in [6, 6.07) is -0.485. The van der Waals surface area contributed by atoms with E-state index in [9.17, 15) is 4.79 Å². The molecule has 4 N–H and O–H groups in total. The van der Waals surface area contributed by atoms with E-state index in [4.69, 9.17) is 16.2 Å². The maximum atomic E-state index is 11.5. The van der Waals surface area contributed by atoms with E-state index < -0.39 is 11.9 Å². The SMILES string of the molecule is CCCc1nn(C)c(N2CCOCC2C(N)=O)c1N. The van der Waals surface area contributed by atoms with Crippen LogP contribution in [0.3, 0.4) is 0 Å². The number of aryl methyl sites for hydroxylation is 2. The van der Waals surface area contributed by atoms with E-state index in [1.165, 1.54) is 0 Å². The van der Waals surface area contributed by atoms with Crippen molar-refractivity contribution in [3.05, 3.63) is 5.69 Å². The van der Waals surface area contributed by atoms with E-state index in [-0.39, 0.29) is 0 Å². The molecule has 2 rings (SSSR count). The molecule has 1 saturated heterocycles. The first-order valence-corrected chi connectivity index (χ1v) is 6.51. The number of anilines is 2. The number of hydrogen-bond donors (Lipinski definition) is 2. The van der Waals surface area contributed by atoms with Crippen molar-refractivity contribution in [2.45, 2.75) is 25.8 Å². The van der Waals surface area contributed by atoms with Gasteiger partial charge in [0, 0.05) is 13.6 Å². The maximum absolute atomic E-state index is 11.5. The Kier molecular flexibility index (Phi) is 3.94. The number of ether oxygens (including phenoxy) is 1. The molecular formula is C12H21N5O2. The minimum absolute atomic E-state index is 0.295. The second-order valence-corrected chi connectivity index (χ2v) is 4.74. The highest BCUT2D eigenvalue weighted by molar-refractivity contribution is 5.85. The minimum Gasteiger partial charge on any atom is -0.394 e. The van der Waals surface area contributed by atoms with E-state index in [0.717, 1.165) is 24.4 Å². The molecular weight excluding hydrogens is 246 g/mol. The molecule has 1 atom stereocenters. The van der Waals surface area contributed by atoms with Crippen LogP contribution in [0.4, 0.5) is 11.5 Å². The molecule has 0 radical (unpaired) electrons. The molecule has 1 aliphatic heterocycles. The fourth-order valence-electron chi connectivity index (χ4n) is 2.44. The second-order valence-electron chi connectivity index (χ2n) is 4.74. The molecule has 1 amide bonds. The number of rotatable bonds is 4. The summed E-state index contributed by atoms with van der Waals surface area (Å²) >= 11 is 0. The second kappa shape index (κ2) is 5.48. The predicted molar refractivity (Wildman–Crippen MR) is 72.8 cm³/mol. The fraction of sp³-hybridized carbons (Fsp3) is 0.667. The van der Waals surface area contributed by atoms with Crippen molar-refractivity contribution >= 4 is 17.4 Å². The number of hydrogen-bond acceptors (Lipinski definition) is 5. The molecule has 0 aliphatic carbocycles. The van der Waals surface area contributed by atoms with Crippen LogP contribution in [0.1, 0.15) is 19.0 Å². The summed E-state index contributed by atoms with van der Waals surface area (Å²) in [6.45, 7) is 3.51. The monoisotopic (exact) mass is 267 g/mol. The molecule has 7 heteroatoms. The Labute approximate surface area is 112 Å². The van der Waals surface area contributed by atoms with Crippen molar-refractivity contribution in [2.75, 3.05) is 30.4 Å². The number of primary amides is 1. The number of carbonyl (C=O) groups excluding carboxylic acids is 1. The van der Waals surface area contributed by atoms with Gasteiger partial charge in [0.1, 0.15) is 6.04 Å². The topological polar surface area (TPSA) is 99.4 Å². The molecule has 1 aliphatic rings. The summed E-state index contributed by atoms with van der Waals surface area (Å²) in [5.74, 6) is 0.355. The molecule has 0 bridgehead atoms. The minimum atomic E-state index is -0.485. The third-order valence-electron chi connectivity index (χ3n) is 3.34. The van der Waals surface area contributed by atoms with Gasteiger partial charge >= 0.3 is 0 Å². The number of aromatic nitrogens is 2. The van der Waals surface area contributed by atoms with Crippen molar-refractivity contribution in [1.29, 1.82) is 0 Å². The van der Waals surface area contributed by atoms with Crippen LogP contribution in [0.15, 0.2) is 0 Å². The number of morpholine rings is 1. The molecule has 1 aromatic heterocycles. The molecule has 0 aromatic carbocycles. The van der Waals surface area contributed by atoms with Gasteiger partial charge in [-0.1, -0.05) is 13.3 Å². The van der Waals surface area contributed by atoms with Crippen LogP contribution in [0, 0.1) is 0 Å². The first-order valence-electron chi connectivity index (χ1n) is 6.51. The zero-order chi connectivity index (χ0) is 14.0. The Morgan fingerprint density at radius 3 is 2.95 bits per heavy atom. The maximum Gasteiger partial charge on any atom is 0.242 e. The van der Waals surface area contributed by atoms with Crippen LogP contribution in [-0.2, 0) is 23.0 Å². The lowest BCUT2D eigenvalue weighted by molar-refractivity contribution is -0.121. The lowest BCUT2D eigenvalue weighted by Crippen LogP contribution is -2.53. The van der Waals surface area contributed by atoms with Crippen molar-refractivity contribution in [3.8, 4) is 0 Å². The van der Waals surface area contributed by atoms with Gasteiger partial charge in [-0.3, -0.25) is 9.48 Å². The van der Waals surface area contributed by atoms with Crippen LogP contribution in [-0.4, -0.2) is 41.5 Å². The van der Waals surface area contributed by atoms with Crippen molar-refractivity contribution < 1.29 is 9.53 Å². The van der Waals surface area contributed by atoms with Gasteiger partial charge in [0.2, 0.25) is 5.91 Å². The Morgan fingerprint density at radius 1 is 1.58 bits per heavy atom. The molecule has 2 heterocycles. The molecule has 1 unspecified atom stereocenters. The smallest absolute Gasteiger partial charge is 0.242 e. The van der Waals surface area contributed by atoms with Crippen molar-refractivity contribution in [2.24, 2.45) is 12.8 Å². The Hall–Kier alpha value is -1.76. The van der Waals surface area contributed by atoms with E-state index in [2.05, 4.69) is 12.0 Å². The molecule has 19 heavy (non-hydrogen) atoms. The highest BCUT2D eigenvalue weighted by Crippen LogP contribution is 2.29. The van der Waals surface area contributed by atoms with Gasteiger partial charge in [0.05, 0.1) is 24.6 Å². The Bertz CT molecular complexity index is 471. The average molecular weight is 267 g/mol. The molecule has 0 spiro atoms. The first-order chi connectivity index (χ1) is 9.06. The first kappa shape index (κ1) is 13.7. The number of amides is 1. The third-order valence-corrected chi connectivity index (χ3v) is 3.34. The molecule has 106 valence electrons. The Morgan fingerprint density at radius 2 is 2.32 bits per heavy atom. The average Bonchev–Trinajstić information content (AvgIpc) is 2.65. The summed E-state index contributed by atoms with van der Waals surface area (Å²) in [5.41, 5.74) is 13.1. The summed E-state index contributed by atoms with van der Waals surface area (Å²) < 4.78 is 7.04. The number of nitrogen functional groups attached to an aromatic ring is 1. The van der Waals surface area contributed by atoms with Gasteiger partial charge in [0.25, 0.3) is 0 Å². The molecule has 0 saturated carbocycles. The number of carbonyl (C=O) groups is 1. The quantitative estimate of drug-likeness (QED) is 0.776. The third kappa shape index (κ3) is 2.51. The lowest BCUT2D eigenvalue weighted by Gasteiger charge is -2.35. The molecule has 7 nitrogen and oxygen atoms in total. The van der Waals surface area contributed by atoms with Gasteiger partial charge in [0.15, 0.2) is 5.82 Å². The summed E-state index contributed by atoms with van der Waals surface area (Å²) in [5, 5.41) is 4.43. The van der Waals surface area contributed by atoms with E-state index in [1.54, 1.807) is 4.68 Å². The molecule has 1 aromatic rings. The summed E-state index contributed by atoms with van der Waals surface area (Å²) in [4.78, 5) is 13.4. The van der Waals surface area contributed by atoms with Crippen LogP contribution in [0.2, 0.25) is 0 Å². The van der Waals surface area contributed by atoms with Crippen LogP contribution >= 0.6 is 0 Å². The van der Waals surface area contributed by atoms with Gasteiger partial charge in [-0.2, -0.15) is 5.10 Å². The van der Waals surface area contributed by atoms with E-state index in [0.29, 0.717) is 25.4 Å². The highest BCUT2D eigenvalue weighted by Gasteiger charge is 2.31. The van der Waals surface area contributed by atoms with Gasteiger partial charge in [-0.05, 0) is 6.42 Å². The largest absolute Gasteiger partial charge is 0.394 e. The van der Waals surface area contributed by atoms with Gasteiger partial charge < -0.3 is 21.1 Å². The zero-order valence-electron chi connectivity index (χ0n) is 11.4. The highest BCUT2D eigenvalue weighted by atomic mass is 16.5. The van der Waals surface area contributed by atoms with Crippen molar-refractivity contribution in [3.63, 3.8) is 0 Å². The van der Waals surface area contributed by atoms with Crippen LogP contribution in [0.5, 0.6) is 0 Å². The van der Waals surface area contributed by atoms with Crippen molar-refractivity contribution in [1.82, 2.24) is 9.78 Å². The summed E-state index contributed by atoms with van der Waals surface area (Å²) in [6.07, 6.45) is 1.80. The summed E-state index contributed by atoms with van der Waals surface area (Å²) in [7, 11) is 1.83. The standard InChI is InChI=1S/C12H21N5O2/c1-3-4-8-10(13)12(16(2)15-8)17-5-6-19-7-9(17)11(14)18/h9H,3-7,13H2,1-2H3,(H2,14,18). The number of nitrogens with zero attached hydrogens (tertiary/aromatic N) is 3. The normalized spacial score (nSPS) is 19.7. The van der Waals surface area contributed by atoms with Gasteiger partial charge in [-0.25, -0.2) is 0 Å². The zero-order valence-corrected chi connectivity index (χ0v) is 11.4. The Balaban J connectivity index is 2.36. The van der Waals surface area contributed by atoms with E-state index in [1.807, 2.05) is 11.9 Å².